The van der Waals surface area contributed by atoms with Crippen LogP contribution in [0.2, 0.25) is 40.2 Å². The van der Waals surface area contributed by atoms with E-state index < -0.39 is 0 Å². The zero-order valence-electron chi connectivity index (χ0n) is 23.7. The van der Waals surface area contributed by atoms with Crippen molar-refractivity contribution < 1.29 is 0 Å². The SMILES string of the molecule is CCCCCCc1nnc(-c2c(Cl)c(Cl)c3c(Cl)c4c(Cl)c(Cl)c(-c5nnc(CCCCCC)s5)c(Cl)c4c(Cl)c3c2Cl)s1. The Morgan fingerprint density at radius 2 is 0.773 bits per heavy atom. The average molecular weight is 790 g/mol. The second kappa shape index (κ2) is 15.2. The molecule has 0 unspecified atom stereocenters. The highest BCUT2D eigenvalue weighted by Gasteiger charge is 2.30. The predicted molar refractivity (Wildman–Crippen MR) is 195 cm³/mol. The van der Waals surface area contributed by atoms with Crippen LogP contribution in [0.1, 0.15) is 75.2 Å². The Kier molecular flexibility index (Phi) is 12.1. The molecule has 0 aliphatic heterocycles. The average Bonchev–Trinajstić information content (AvgIpc) is 3.66. The maximum atomic E-state index is 7.14. The van der Waals surface area contributed by atoms with Crippen molar-refractivity contribution in [3.05, 3.63) is 50.2 Å². The standard InChI is InChI=1S/C30H26Cl8N4S2/c1-3-5-7-9-11-13-39-41-29(43-13)19-23(33)15-17(25(35)27(19)37)22(32)18-16(21(15)31)24(34)20(28(38)26(18)36)30-42-40-14(44-30)12-10-8-6-4-2/h3-12H2,1-2H3. The molecule has 0 N–H and O–H groups in total. The van der Waals surface area contributed by atoms with Gasteiger partial charge in [-0.05, 0) is 12.8 Å². The minimum Gasteiger partial charge on any atom is -0.143 e. The van der Waals surface area contributed by atoms with Gasteiger partial charge in [-0.3, -0.25) is 0 Å². The number of halogens is 8. The highest BCUT2D eigenvalue weighted by atomic mass is 35.5. The van der Waals surface area contributed by atoms with Crippen LogP contribution in [-0.4, -0.2) is 20.4 Å². The van der Waals surface area contributed by atoms with E-state index in [1.165, 1.54) is 35.5 Å². The summed E-state index contributed by atoms with van der Waals surface area (Å²) in [5, 5.41) is 23.2. The molecular weight excluding hydrogens is 764 g/mol. The van der Waals surface area contributed by atoms with E-state index in [1.807, 2.05) is 0 Å². The zero-order chi connectivity index (χ0) is 31.7. The highest BCUT2D eigenvalue weighted by Crippen LogP contribution is 2.57. The lowest BCUT2D eigenvalue weighted by Gasteiger charge is -2.19. The third-order valence-corrected chi connectivity index (χ3v) is 12.6. The van der Waals surface area contributed by atoms with Gasteiger partial charge in [0.15, 0.2) is 10.0 Å². The van der Waals surface area contributed by atoms with E-state index in [2.05, 4.69) is 34.2 Å². The molecule has 0 saturated carbocycles. The molecule has 44 heavy (non-hydrogen) atoms. The maximum Gasteiger partial charge on any atom is 0.150 e. The number of rotatable bonds is 12. The summed E-state index contributed by atoms with van der Waals surface area (Å²) in [5.41, 5.74) is 0.849. The summed E-state index contributed by atoms with van der Waals surface area (Å²) in [5.74, 6) is 0. The molecule has 3 aromatic carbocycles. The number of hydrogen-bond acceptors (Lipinski definition) is 6. The fourth-order valence-corrected chi connectivity index (χ4v) is 10.1. The van der Waals surface area contributed by atoms with Crippen LogP contribution in [0.3, 0.4) is 0 Å². The van der Waals surface area contributed by atoms with Crippen LogP contribution in [0.25, 0.3) is 42.7 Å². The van der Waals surface area contributed by atoms with Gasteiger partial charge >= 0.3 is 0 Å². The first kappa shape index (κ1) is 34.9. The Morgan fingerprint density at radius 3 is 1.14 bits per heavy atom. The number of nitrogens with zero attached hydrogens (tertiary/aromatic N) is 4. The third-order valence-electron chi connectivity index (χ3n) is 7.37. The molecule has 0 atom stereocenters. The second-order valence-corrected chi connectivity index (χ2v) is 15.5. The number of unbranched alkanes of at least 4 members (excludes halogenated alkanes) is 6. The van der Waals surface area contributed by atoms with E-state index >= 15 is 0 Å². The van der Waals surface area contributed by atoms with Gasteiger partial charge in [0, 0.05) is 34.4 Å². The van der Waals surface area contributed by atoms with Crippen LogP contribution in [0.5, 0.6) is 0 Å². The number of hydrogen-bond donors (Lipinski definition) is 0. The smallest absolute Gasteiger partial charge is 0.143 e. The Labute approximate surface area is 304 Å². The van der Waals surface area contributed by atoms with Gasteiger partial charge in [0.25, 0.3) is 0 Å². The molecule has 5 aromatic rings. The summed E-state index contributed by atoms with van der Waals surface area (Å²) >= 11 is 58.5. The van der Waals surface area contributed by atoms with Gasteiger partial charge in [0.1, 0.15) is 10.0 Å². The minimum absolute atomic E-state index is 0.152. The first-order chi connectivity index (χ1) is 21.1. The molecule has 2 heterocycles. The molecule has 5 rings (SSSR count). The molecule has 0 spiro atoms. The molecule has 0 fully saturated rings. The topological polar surface area (TPSA) is 51.6 Å². The molecule has 0 aliphatic carbocycles. The second-order valence-electron chi connectivity index (χ2n) is 10.4. The van der Waals surface area contributed by atoms with E-state index in [-0.39, 0.29) is 40.2 Å². The lowest BCUT2D eigenvalue weighted by Crippen LogP contribution is -1.94. The summed E-state index contributed by atoms with van der Waals surface area (Å²) < 4.78 is 0. The van der Waals surface area contributed by atoms with Gasteiger partial charge in [-0.2, -0.15) is 0 Å². The number of benzene rings is 3. The summed E-state index contributed by atoms with van der Waals surface area (Å²) in [7, 11) is 0. The fourth-order valence-electron chi connectivity index (χ4n) is 5.09. The minimum atomic E-state index is 0.152. The Morgan fingerprint density at radius 1 is 0.409 bits per heavy atom. The molecule has 0 saturated heterocycles. The van der Waals surface area contributed by atoms with Gasteiger partial charge in [-0.1, -0.05) is 168 Å². The first-order valence-corrected chi connectivity index (χ1v) is 18.9. The molecule has 4 nitrogen and oxygen atoms in total. The molecular formula is C30H26Cl8N4S2. The van der Waals surface area contributed by atoms with E-state index in [4.69, 9.17) is 92.8 Å². The monoisotopic (exact) mass is 786 g/mol. The summed E-state index contributed by atoms with van der Waals surface area (Å²) in [4.78, 5) is 0. The third kappa shape index (κ3) is 6.65. The molecule has 14 heteroatoms. The van der Waals surface area contributed by atoms with E-state index in [1.54, 1.807) is 0 Å². The molecule has 0 bridgehead atoms. The van der Waals surface area contributed by atoms with E-state index in [0.29, 0.717) is 42.7 Å². The van der Waals surface area contributed by atoms with Crippen molar-refractivity contribution in [2.75, 3.05) is 0 Å². The summed E-state index contributed by atoms with van der Waals surface area (Å²) in [6, 6.07) is 0. The zero-order valence-corrected chi connectivity index (χ0v) is 31.4. The summed E-state index contributed by atoms with van der Waals surface area (Å²) in [6.07, 6.45) is 10.6. The van der Waals surface area contributed by atoms with Crippen molar-refractivity contribution in [1.82, 2.24) is 20.4 Å². The van der Waals surface area contributed by atoms with Crippen molar-refractivity contribution in [2.24, 2.45) is 0 Å². The van der Waals surface area contributed by atoms with Gasteiger partial charge in [0.2, 0.25) is 0 Å². The number of aromatic nitrogens is 4. The van der Waals surface area contributed by atoms with Crippen LogP contribution in [0.15, 0.2) is 0 Å². The van der Waals surface area contributed by atoms with Crippen molar-refractivity contribution in [1.29, 1.82) is 0 Å². The van der Waals surface area contributed by atoms with Gasteiger partial charge in [-0.25, -0.2) is 0 Å². The summed E-state index contributed by atoms with van der Waals surface area (Å²) in [6.45, 7) is 4.35. The largest absolute Gasteiger partial charge is 0.150 e. The van der Waals surface area contributed by atoms with E-state index in [9.17, 15) is 0 Å². The highest BCUT2D eigenvalue weighted by molar-refractivity contribution is 7.15. The Bertz CT molecular complexity index is 1720. The molecule has 0 amide bonds. The number of fused-ring (bicyclic) bond motifs is 2. The molecule has 0 aliphatic rings. The van der Waals surface area contributed by atoms with Gasteiger partial charge in [0.05, 0.1) is 51.3 Å². The molecule has 234 valence electrons. The van der Waals surface area contributed by atoms with Crippen molar-refractivity contribution >= 4 is 137 Å². The van der Waals surface area contributed by atoms with Gasteiger partial charge < -0.3 is 0 Å². The molecule has 0 radical (unpaired) electrons. The lowest BCUT2D eigenvalue weighted by molar-refractivity contribution is 0.663. The van der Waals surface area contributed by atoms with Crippen LogP contribution in [-0.2, 0) is 12.8 Å². The first-order valence-electron chi connectivity index (χ1n) is 14.2. The van der Waals surface area contributed by atoms with Crippen LogP contribution in [0.4, 0.5) is 0 Å². The quantitative estimate of drug-likeness (QED) is 0.0718. The van der Waals surface area contributed by atoms with Crippen molar-refractivity contribution in [2.45, 2.75) is 78.1 Å². The van der Waals surface area contributed by atoms with E-state index in [0.717, 1.165) is 61.4 Å². The Hall–Kier alpha value is -0.380. The maximum absolute atomic E-state index is 7.14. The fraction of sp³-hybridized carbons (Fsp3) is 0.400. The van der Waals surface area contributed by atoms with Crippen LogP contribution < -0.4 is 0 Å². The normalized spacial score (nSPS) is 11.9. The van der Waals surface area contributed by atoms with Crippen molar-refractivity contribution in [3.8, 4) is 21.1 Å². The predicted octanol–water partition coefficient (Wildman–Crippen LogP) is 14.5. The van der Waals surface area contributed by atoms with Crippen LogP contribution in [0, 0.1) is 0 Å². The Balaban J connectivity index is 1.68. The number of aryl methyl sites for hydroxylation is 2. The van der Waals surface area contributed by atoms with Crippen molar-refractivity contribution in [3.63, 3.8) is 0 Å². The van der Waals surface area contributed by atoms with Gasteiger partial charge in [-0.15, -0.1) is 20.4 Å². The lowest BCUT2D eigenvalue weighted by atomic mass is 9.99. The van der Waals surface area contributed by atoms with Crippen LogP contribution >= 0.6 is 115 Å². The molecule has 2 aromatic heterocycles.